The normalized spacial score (nSPS) is 13.1. The van der Waals surface area contributed by atoms with E-state index in [0.717, 1.165) is 0 Å². The van der Waals surface area contributed by atoms with Crippen LogP contribution in [0, 0.1) is 0 Å². The summed E-state index contributed by atoms with van der Waals surface area (Å²) in [7, 11) is 1.46. The Morgan fingerprint density at radius 2 is 2.11 bits per heavy atom. The minimum Gasteiger partial charge on any atom is -0.496 e. The molecule has 1 unspecified atom stereocenters. The van der Waals surface area contributed by atoms with Gasteiger partial charge in [0.05, 0.1) is 18.8 Å². The number of nitrogens with two attached hydrogens (primary N) is 1. The molecule has 1 atom stereocenters. The molecule has 0 heterocycles. The fourth-order valence-corrected chi connectivity index (χ4v) is 1.64. The molecule has 0 aliphatic rings. The third-order valence-corrected chi connectivity index (χ3v) is 2.70. The summed E-state index contributed by atoms with van der Waals surface area (Å²) in [6.45, 7) is 6.49. The van der Waals surface area contributed by atoms with Crippen LogP contribution in [0.1, 0.15) is 42.8 Å². The molecule has 0 aliphatic heterocycles. The summed E-state index contributed by atoms with van der Waals surface area (Å²) in [6.07, 6.45) is -0.671. The fraction of sp³-hybridized carbons (Fsp3) is 0.500. The van der Waals surface area contributed by atoms with Crippen molar-refractivity contribution in [2.75, 3.05) is 13.7 Å². The summed E-state index contributed by atoms with van der Waals surface area (Å²) in [5.74, 6) is -0.175. The first-order valence-electron chi connectivity index (χ1n) is 6.15. The Kier molecular flexibility index (Phi) is 4.91. The maximum atomic E-state index is 11.2. The zero-order valence-electron chi connectivity index (χ0n) is 11.9. The predicted molar refractivity (Wildman–Crippen MR) is 74.2 cm³/mol. The van der Waals surface area contributed by atoms with Crippen molar-refractivity contribution < 1.29 is 14.6 Å². The lowest BCUT2D eigenvalue weighted by Crippen LogP contribution is -2.38. The van der Waals surface area contributed by atoms with Crippen LogP contribution in [0.3, 0.4) is 0 Å². The van der Waals surface area contributed by atoms with Gasteiger partial charge in [-0.2, -0.15) is 0 Å². The maximum Gasteiger partial charge on any atom is 0.252 e. The minimum absolute atomic E-state index is 0.0712. The van der Waals surface area contributed by atoms with Crippen LogP contribution in [0.25, 0.3) is 0 Å². The highest BCUT2D eigenvalue weighted by molar-refractivity contribution is 5.95. The number of primary amides is 1. The molecular formula is C14H22N2O3. The molecule has 1 rings (SSSR count). The molecule has 5 nitrogen and oxygen atoms in total. The van der Waals surface area contributed by atoms with E-state index in [1.807, 2.05) is 20.8 Å². The van der Waals surface area contributed by atoms with E-state index in [4.69, 9.17) is 10.5 Å². The number of carbonyl (C=O) groups excluding carboxylic acids is 1. The molecule has 1 aromatic carbocycles. The van der Waals surface area contributed by atoms with Crippen LogP contribution in [-0.4, -0.2) is 30.2 Å². The zero-order valence-corrected chi connectivity index (χ0v) is 11.9. The van der Waals surface area contributed by atoms with E-state index in [2.05, 4.69) is 5.32 Å². The molecule has 0 bridgehead atoms. The lowest BCUT2D eigenvalue weighted by molar-refractivity contribution is 0.0997. The van der Waals surface area contributed by atoms with Gasteiger partial charge in [0.25, 0.3) is 5.91 Å². The van der Waals surface area contributed by atoms with Crippen molar-refractivity contribution >= 4 is 5.91 Å². The molecule has 0 aromatic heterocycles. The Morgan fingerprint density at radius 3 is 2.58 bits per heavy atom. The van der Waals surface area contributed by atoms with E-state index >= 15 is 0 Å². The second kappa shape index (κ2) is 6.04. The van der Waals surface area contributed by atoms with Crippen molar-refractivity contribution in [3.8, 4) is 5.75 Å². The molecule has 0 radical (unpaired) electrons. The van der Waals surface area contributed by atoms with Gasteiger partial charge in [-0.05, 0) is 38.5 Å². The van der Waals surface area contributed by atoms with Crippen molar-refractivity contribution in [1.82, 2.24) is 5.32 Å². The molecule has 0 saturated carbocycles. The van der Waals surface area contributed by atoms with Gasteiger partial charge in [-0.15, -0.1) is 0 Å². The summed E-state index contributed by atoms with van der Waals surface area (Å²) in [6, 6.07) is 4.88. The predicted octanol–water partition coefficient (Wildman–Crippen LogP) is 1.22. The van der Waals surface area contributed by atoms with Crippen LogP contribution in [0.5, 0.6) is 5.75 Å². The highest BCUT2D eigenvalue weighted by Crippen LogP contribution is 2.23. The highest BCUT2D eigenvalue weighted by Gasteiger charge is 2.16. The molecule has 1 amide bonds. The number of carbonyl (C=O) groups is 1. The van der Waals surface area contributed by atoms with Crippen molar-refractivity contribution in [3.63, 3.8) is 0 Å². The van der Waals surface area contributed by atoms with Gasteiger partial charge in [-0.25, -0.2) is 0 Å². The first-order valence-corrected chi connectivity index (χ1v) is 6.15. The lowest BCUT2D eigenvalue weighted by atomic mass is 10.0. The topological polar surface area (TPSA) is 84.6 Å². The standard InChI is InChI=1S/C14H22N2O3/c1-14(2,3)16-8-11(17)9-5-6-10(13(15)18)12(7-9)19-4/h5-7,11,16-17H,8H2,1-4H3,(H2,15,18). The molecule has 106 valence electrons. The number of aliphatic hydroxyl groups excluding tert-OH is 1. The number of nitrogens with one attached hydrogen (secondary N) is 1. The fourth-order valence-electron chi connectivity index (χ4n) is 1.64. The van der Waals surface area contributed by atoms with Gasteiger partial charge in [0.15, 0.2) is 0 Å². The van der Waals surface area contributed by atoms with Gasteiger partial charge in [0.2, 0.25) is 0 Å². The van der Waals surface area contributed by atoms with Gasteiger partial charge in [0, 0.05) is 12.1 Å². The Balaban J connectivity index is 2.87. The zero-order chi connectivity index (χ0) is 14.6. The Morgan fingerprint density at radius 1 is 1.47 bits per heavy atom. The monoisotopic (exact) mass is 266 g/mol. The van der Waals surface area contributed by atoms with E-state index in [-0.39, 0.29) is 5.54 Å². The van der Waals surface area contributed by atoms with Crippen LogP contribution in [-0.2, 0) is 0 Å². The average molecular weight is 266 g/mol. The number of ether oxygens (including phenoxy) is 1. The van der Waals surface area contributed by atoms with Crippen molar-refractivity contribution in [2.45, 2.75) is 32.4 Å². The van der Waals surface area contributed by atoms with E-state index in [0.29, 0.717) is 23.4 Å². The molecule has 19 heavy (non-hydrogen) atoms. The Hall–Kier alpha value is -1.59. The lowest BCUT2D eigenvalue weighted by Gasteiger charge is -2.23. The SMILES string of the molecule is COc1cc(C(O)CNC(C)(C)C)ccc1C(N)=O. The van der Waals surface area contributed by atoms with Gasteiger partial charge in [0.1, 0.15) is 5.75 Å². The molecule has 0 fully saturated rings. The van der Waals surface area contributed by atoms with Gasteiger partial charge in [-0.1, -0.05) is 6.07 Å². The van der Waals surface area contributed by atoms with E-state index in [1.165, 1.54) is 7.11 Å². The Bertz CT molecular complexity index is 452. The summed E-state index contributed by atoms with van der Waals surface area (Å²) in [5, 5.41) is 13.3. The smallest absolute Gasteiger partial charge is 0.252 e. The average Bonchev–Trinajstić information content (AvgIpc) is 2.34. The summed E-state index contributed by atoms with van der Waals surface area (Å²) < 4.78 is 5.11. The number of rotatable bonds is 5. The van der Waals surface area contributed by atoms with Crippen molar-refractivity contribution in [2.24, 2.45) is 5.73 Å². The van der Waals surface area contributed by atoms with Gasteiger partial charge < -0.3 is 20.9 Å². The number of benzene rings is 1. The number of aliphatic hydroxyl groups is 1. The van der Waals surface area contributed by atoms with Gasteiger partial charge in [-0.3, -0.25) is 4.79 Å². The summed E-state index contributed by atoms with van der Waals surface area (Å²) in [5.41, 5.74) is 6.15. The van der Waals surface area contributed by atoms with Crippen LogP contribution in [0.15, 0.2) is 18.2 Å². The van der Waals surface area contributed by atoms with Crippen molar-refractivity contribution in [1.29, 1.82) is 0 Å². The molecule has 0 spiro atoms. The second-order valence-electron chi connectivity index (χ2n) is 5.47. The van der Waals surface area contributed by atoms with E-state index in [1.54, 1.807) is 18.2 Å². The molecule has 5 heteroatoms. The van der Waals surface area contributed by atoms with E-state index < -0.39 is 12.0 Å². The number of amides is 1. The third kappa shape index (κ3) is 4.54. The number of methoxy groups -OCH3 is 1. The number of hydrogen-bond donors (Lipinski definition) is 3. The summed E-state index contributed by atoms with van der Waals surface area (Å²) in [4.78, 5) is 11.2. The third-order valence-electron chi connectivity index (χ3n) is 2.70. The van der Waals surface area contributed by atoms with Crippen LogP contribution in [0.4, 0.5) is 0 Å². The quantitative estimate of drug-likeness (QED) is 0.748. The summed E-state index contributed by atoms with van der Waals surface area (Å²) >= 11 is 0. The van der Waals surface area contributed by atoms with E-state index in [9.17, 15) is 9.90 Å². The number of hydrogen-bond acceptors (Lipinski definition) is 4. The second-order valence-corrected chi connectivity index (χ2v) is 5.47. The minimum atomic E-state index is -0.671. The largest absolute Gasteiger partial charge is 0.496 e. The molecule has 1 aromatic rings. The molecular weight excluding hydrogens is 244 g/mol. The first kappa shape index (κ1) is 15.5. The molecule has 0 aliphatic carbocycles. The van der Waals surface area contributed by atoms with Crippen LogP contribution >= 0.6 is 0 Å². The molecule has 4 N–H and O–H groups in total. The van der Waals surface area contributed by atoms with Crippen molar-refractivity contribution in [3.05, 3.63) is 29.3 Å². The Labute approximate surface area is 113 Å². The maximum absolute atomic E-state index is 11.2. The molecule has 0 saturated heterocycles. The highest BCUT2D eigenvalue weighted by atomic mass is 16.5. The van der Waals surface area contributed by atoms with Crippen LogP contribution < -0.4 is 15.8 Å². The van der Waals surface area contributed by atoms with Gasteiger partial charge >= 0.3 is 0 Å². The first-order chi connectivity index (χ1) is 8.74. The number of β-amino-alcohol motifs (C(OH)–C–C–N with tert-alkyl or cyclic N) is 1. The van der Waals surface area contributed by atoms with Crippen LogP contribution in [0.2, 0.25) is 0 Å².